The SMILES string of the molecule is FC(F)Oc1ccc(C(F)(F)F)nc1-c1ccc(Cl)c(Cl)c1. The third-order valence-electron chi connectivity index (χ3n) is 2.56. The zero-order valence-corrected chi connectivity index (χ0v) is 12.0. The van der Waals surface area contributed by atoms with Gasteiger partial charge in [-0.25, -0.2) is 4.98 Å². The van der Waals surface area contributed by atoms with Crippen molar-refractivity contribution in [2.45, 2.75) is 12.8 Å². The van der Waals surface area contributed by atoms with Gasteiger partial charge in [0.2, 0.25) is 0 Å². The average Bonchev–Trinajstić information content (AvgIpc) is 2.40. The molecule has 2 rings (SSSR count). The van der Waals surface area contributed by atoms with Crippen LogP contribution in [0.1, 0.15) is 5.69 Å². The summed E-state index contributed by atoms with van der Waals surface area (Å²) in [7, 11) is 0. The van der Waals surface area contributed by atoms with E-state index >= 15 is 0 Å². The van der Waals surface area contributed by atoms with Gasteiger partial charge in [0.05, 0.1) is 10.0 Å². The van der Waals surface area contributed by atoms with Crippen molar-refractivity contribution in [2.24, 2.45) is 0 Å². The van der Waals surface area contributed by atoms with Gasteiger partial charge in [-0.3, -0.25) is 0 Å². The van der Waals surface area contributed by atoms with Crippen molar-refractivity contribution in [3.05, 3.63) is 46.1 Å². The summed E-state index contributed by atoms with van der Waals surface area (Å²) >= 11 is 11.5. The van der Waals surface area contributed by atoms with Crippen molar-refractivity contribution in [1.29, 1.82) is 0 Å². The van der Waals surface area contributed by atoms with Crippen molar-refractivity contribution >= 4 is 23.2 Å². The largest absolute Gasteiger partial charge is 0.433 e. The first kappa shape index (κ1) is 16.8. The highest BCUT2D eigenvalue weighted by Crippen LogP contribution is 2.36. The Morgan fingerprint density at radius 1 is 1.00 bits per heavy atom. The summed E-state index contributed by atoms with van der Waals surface area (Å²) in [4.78, 5) is 3.35. The molecule has 0 aliphatic rings. The molecule has 0 unspecified atom stereocenters. The van der Waals surface area contributed by atoms with Gasteiger partial charge in [-0.05, 0) is 24.3 Å². The number of hydrogen-bond donors (Lipinski definition) is 0. The Bertz CT molecular complexity index is 691. The topological polar surface area (TPSA) is 22.1 Å². The summed E-state index contributed by atoms with van der Waals surface area (Å²) in [5.41, 5.74) is -1.58. The molecule has 0 saturated heterocycles. The van der Waals surface area contributed by atoms with E-state index in [9.17, 15) is 22.0 Å². The molecule has 22 heavy (non-hydrogen) atoms. The molecule has 0 radical (unpaired) electrons. The Balaban J connectivity index is 2.60. The standard InChI is InChI=1S/C13H6Cl2F5NO/c14-7-2-1-6(5-8(7)15)11-9(22-12(16)17)3-4-10(21-11)13(18,19)20/h1-5,12H. The van der Waals surface area contributed by atoms with E-state index in [1.165, 1.54) is 18.2 Å². The minimum Gasteiger partial charge on any atom is -0.432 e. The second-order valence-electron chi connectivity index (χ2n) is 4.05. The Labute approximate surface area is 131 Å². The van der Waals surface area contributed by atoms with Crippen LogP contribution in [0.2, 0.25) is 10.0 Å². The molecule has 0 atom stereocenters. The molecule has 1 aromatic heterocycles. The van der Waals surface area contributed by atoms with Gasteiger partial charge < -0.3 is 4.74 Å². The summed E-state index contributed by atoms with van der Waals surface area (Å²) in [6.45, 7) is -3.21. The summed E-state index contributed by atoms with van der Waals surface area (Å²) in [6, 6.07) is 5.16. The van der Waals surface area contributed by atoms with Crippen molar-refractivity contribution in [2.75, 3.05) is 0 Å². The monoisotopic (exact) mass is 357 g/mol. The fourth-order valence-corrected chi connectivity index (χ4v) is 1.94. The number of ether oxygens (including phenoxy) is 1. The summed E-state index contributed by atoms with van der Waals surface area (Å²) in [5.74, 6) is -0.499. The van der Waals surface area contributed by atoms with Gasteiger partial charge in [0, 0.05) is 5.56 Å². The molecular formula is C13H6Cl2F5NO. The van der Waals surface area contributed by atoms with E-state index in [1.54, 1.807) is 0 Å². The molecule has 1 heterocycles. The fourth-order valence-electron chi connectivity index (χ4n) is 1.65. The van der Waals surface area contributed by atoms with Gasteiger partial charge in [-0.1, -0.05) is 29.3 Å². The molecule has 2 aromatic rings. The van der Waals surface area contributed by atoms with E-state index in [0.29, 0.717) is 6.07 Å². The quantitative estimate of drug-likeness (QED) is 0.659. The second-order valence-corrected chi connectivity index (χ2v) is 4.86. The van der Waals surface area contributed by atoms with Gasteiger partial charge in [0.15, 0.2) is 5.75 Å². The van der Waals surface area contributed by atoms with Gasteiger partial charge in [-0.2, -0.15) is 22.0 Å². The van der Waals surface area contributed by atoms with Crippen molar-refractivity contribution < 1.29 is 26.7 Å². The molecular weight excluding hydrogens is 352 g/mol. The predicted molar refractivity (Wildman–Crippen MR) is 71.3 cm³/mol. The van der Waals surface area contributed by atoms with E-state index in [-0.39, 0.29) is 15.6 Å². The second kappa shape index (κ2) is 6.26. The maximum atomic E-state index is 12.7. The third kappa shape index (κ3) is 3.78. The Hall–Kier alpha value is -1.60. The highest BCUT2D eigenvalue weighted by molar-refractivity contribution is 6.42. The van der Waals surface area contributed by atoms with Crippen LogP contribution in [0.25, 0.3) is 11.3 Å². The number of nitrogens with zero attached hydrogens (tertiary/aromatic N) is 1. The first-order valence-corrected chi connectivity index (χ1v) is 6.42. The first-order valence-electron chi connectivity index (χ1n) is 5.67. The Kier molecular flexibility index (Phi) is 4.77. The number of pyridine rings is 1. The van der Waals surface area contributed by atoms with Crippen LogP contribution in [0.15, 0.2) is 30.3 Å². The van der Waals surface area contributed by atoms with Crippen LogP contribution < -0.4 is 4.74 Å². The van der Waals surface area contributed by atoms with Gasteiger partial charge >= 0.3 is 12.8 Å². The summed E-state index contributed by atoms with van der Waals surface area (Å²) in [5, 5.41) is 0.204. The molecule has 0 bridgehead atoms. The minimum atomic E-state index is -4.73. The van der Waals surface area contributed by atoms with Crippen molar-refractivity contribution in [3.63, 3.8) is 0 Å². The number of halogens is 7. The molecule has 0 aliphatic carbocycles. The Morgan fingerprint density at radius 3 is 2.23 bits per heavy atom. The van der Waals surface area contributed by atoms with Crippen molar-refractivity contribution in [1.82, 2.24) is 4.98 Å². The molecule has 0 saturated carbocycles. The number of rotatable bonds is 3. The molecule has 0 aliphatic heterocycles. The lowest BCUT2D eigenvalue weighted by atomic mass is 10.1. The van der Waals surface area contributed by atoms with Crippen LogP contribution >= 0.6 is 23.2 Å². The molecule has 1 aromatic carbocycles. The maximum Gasteiger partial charge on any atom is 0.433 e. The zero-order chi connectivity index (χ0) is 16.5. The lowest BCUT2D eigenvalue weighted by molar-refractivity contribution is -0.141. The molecule has 2 nitrogen and oxygen atoms in total. The zero-order valence-electron chi connectivity index (χ0n) is 10.5. The van der Waals surface area contributed by atoms with Gasteiger partial charge in [0.1, 0.15) is 11.4 Å². The van der Waals surface area contributed by atoms with E-state index < -0.39 is 29.9 Å². The molecule has 0 N–H and O–H groups in total. The lowest BCUT2D eigenvalue weighted by Gasteiger charge is -2.13. The van der Waals surface area contributed by atoms with Crippen LogP contribution in [0.3, 0.4) is 0 Å². The van der Waals surface area contributed by atoms with E-state index in [0.717, 1.165) is 6.07 Å². The molecule has 0 fully saturated rings. The molecule has 0 spiro atoms. The van der Waals surface area contributed by atoms with Gasteiger partial charge in [0.25, 0.3) is 0 Å². The molecule has 9 heteroatoms. The van der Waals surface area contributed by atoms with Crippen LogP contribution in [-0.4, -0.2) is 11.6 Å². The lowest BCUT2D eigenvalue weighted by Crippen LogP contribution is -2.10. The highest BCUT2D eigenvalue weighted by Gasteiger charge is 2.33. The number of hydrogen-bond acceptors (Lipinski definition) is 2. The van der Waals surface area contributed by atoms with E-state index in [2.05, 4.69) is 9.72 Å². The first-order chi connectivity index (χ1) is 10.2. The maximum absolute atomic E-state index is 12.7. The summed E-state index contributed by atoms with van der Waals surface area (Å²) < 4.78 is 67.1. The smallest absolute Gasteiger partial charge is 0.432 e. The number of aromatic nitrogens is 1. The van der Waals surface area contributed by atoms with Crippen LogP contribution in [0.4, 0.5) is 22.0 Å². The van der Waals surface area contributed by atoms with Crippen molar-refractivity contribution in [3.8, 4) is 17.0 Å². The fraction of sp³-hybridized carbons (Fsp3) is 0.154. The normalized spacial score (nSPS) is 11.8. The van der Waals surface area contributed by atoms with Crippen LogP contribution in [-0.2, 0) is 6.18 Å². The molecule has 0 amide bonds. The van der Waals surface area contributed by atoms with Crippen LogP contribution in [0.5, 0.6) is 5.75 Å². The Morgan fingerprint density at radius 2 is 1.68 bits per heavy atom. The third-order valence-corrected chi connectivity index (χ3v) is 3.30. The van der Waals surface area contributed by atoms with Crippen LogP contribution in [0, 0.1) is 0 Å². The molecule has 118 valence electrons. The van der Waals surface area contributed by atoms with E-state index in [4.69, 9.17) is 23.2 Å². The predicted octanol–water partition coefficient (Wildman–Crippen LogP) is 5.68. The summed E-state index contributed by atoms with van der Waals surface area (Å²) in [6.07, 6.45) is -4.73. The van der Waals surface area contributed by atoms with E-state index in [1.807, 2.05) is 0 Å². The average molecular weight is 358 g/mol. The minimum absolute atomic E-state index is 0.0429. The highest BCUT2D eigenvalue weighted by atomic mass is 35.5. The number of benzene rings is 1. The van der Waals surface area contributed by atoms with Gasteiger partial charge in [-0.15, -0.1) is 0 Å². The number of alkyl halides is 5.